The number of carbonyl (C=O) groups is 1. The summed E-state index contributed by atoms with van der Waals surface area (Å²) in [5.41, 5.74) is 1.87. The minimum Gasteiger partial charge on any atom is -0.497 e. The van der Waals surface area contributed by atoms with Crippen molar-refractivity contribution in [2.24, 2.45) is 0 Å². The van der Waals surface area contributed by atoms with Crippen molar-refractivity contribution >= 4 is 12.0 Å². The van der Waals surface area contributed by atoms with Crippen LogP contribution in [-0.2, 0) is 9.53 Å². The maximum atomic E-state index is 12.1. The molecule has 0 aliphatic carbocycles. The quantitative estimate of drug-likeness (QED) is 0.460. The summed E-state index contributed by atoms with van der Waals surface area (Å²) in [4.78, 5) is 12.1. The lowest BCUT2D eigenvalue weighted by atomic mass is 10.2. The highest BCUT2D eigenvalue weighted by molar-refractivity contribution is 5.92. The van der Waals surface area contributed by atoms with Crippen LogP contribution in [0.4, 0.5) is 0 Å². The zero-order valence-electron chi connectivity index (χ0n) is 13.5. The van der Waals surface area contributed by atoms with Crippen LogP contribution in [0.25, 0.3) is 6.08 Å². The molecule has 0 amide bonds. The van der Waals surface area contributed by atoms with Gasteiger partial charge in [-0.2, -0.15) is 0 Å². The fraction of sp³-hybridized carbons (Fsp3) is 0.211. The second-order valence-corrected chi connectivity index (χ2v) is 4.92. The fourth-order valence-corrected chi connectivity index (χ4v) is 1.99. The second-order valence-electron chi connectivity index (χ2n) is 4.92. The molecule has 0 aliphatic heterocycles. The minimum absolute atomic E-state index is 0.141. The van der Waals surface area contributed by atoms with E-state index in [1.54, 1.807) is 26.2 Å². The van der Waals surface area contributed by atoms with E-state index in [-0.39, 0.29) is 12.4 Å². The van der Waals surface area contributed by atoms with Gasteiger partial charge in [-0.3, -0.25) is 0 Å². The highest BCUT2D eigenvalue weighted by Gasteiger charge is 2.14. The van der Waals surface area contributed by atoms with Crippen LogP contribution in [0.2, 0.25) is 0 Å². The summed E-state index contributed by atoms with van der Waals surface area (Å²) in [5, 5.41) is 0. The molecule has 0 saturated carbocycles. The van der Waals surface area contributed by atoms with Crippen molar-refractivity contribution in [1.29, 1.82) is 0 Å². The number of hydrogen-bond donors (Lipinski definition) is 0. The first-order valence-corrected chi connectivity index (χ1v) is 7.39. The third-order valence-electron chi connectivity index (χ3n) is 3.11. The van der Waals surface area contributed by atoms with E-state index in [4.69, 9.17) is 14.2 Å². The van der Waals surface area contributed by atoms with Gasteiger partial charge in [-0.05, 0) is 55.3 Å². The number of aryl methyl sites for hydroxylation is 1. The number of carbonyl (C=O) groups excluding carboxylic acids is 1. The van der Waals surface area contributed by atoms with Gasteiger partial charge in [0.15, 0.2) is 0 Å². The molecule has 0 saturated heterocycles. The third-order valence-corrected chi connectivity index (χ3v) is 3.11. The summed E-state index contributed by atoms with van der Waals surface area (Å²) < 4.78 is 15.9. The molecule has 4 nitrogen and oxygen atoms in total. The molecule has 2 rings (SSSR count). The highest BCUT2D eigenvalue weighted by atomic mass is 16.6. The lowest BCUT2D eigenvalue weighted by Gasteiger charge is -2.10. The van der Waals surface area contributed by atoms with Gasteiger partial charge in [0.25, 0.3) is 0 Å². The van der Waals surface area contributed by atoms with E-state index >= 15 is 0 Å². The maximum Gasteiger partial charge on any atom is 0.374 e. The number of esters is 1. The monoisotopic (exact) mass is 312 g/mol. The van der Waals surface area contributed by atoms with Gasteiger partial charge in [0, 0.05) is 0 Å². The summed E-state index contributed by atoms with van der Waals surface area (Å²) in [7, 11) is 1.61. The van der Waals surface area contributed by atoms with Gasteiger partial charge in [0.1, 0.15) is 11.5 Å². The Morgan fingerprint density at radius 2 is 1.83 bits per heavy atom. The number of hydrogen-bond acceptors (Lipinski definition) is 4. The second kappa shape index (κ2) is 8.03. The zero-order valence-corrected chi connectivity index (χ0v) is 13.5. The number of rotatable bonds is 6. The Labute approximate surface area is 136 Å². The molecule has 0 radical (unpaired) electrons. The van der Waals surface area contributed by atoms with E-state index < -0.39 is 5.97 Å². The van der Waals surface area contributed by atoms with E-state index in [2.05, 4.69) is 0 Å². The lowest BCUT2D eigenvalue weighted by Crippen LogP contribution is -2.12. The molecule has 0 heterocycles. The summed E-state index contributed by atoms with van der Waals surface area (Å²) in [6.45, 7) is 4.01. The van der Waals surface area contributed by atoms with Crippen molar-refractivity contribution in [3.05, 3.63) is 65.4 Å². The van der Waals surface area contributed by atoms with E-state index in [1.165, 1.54) is 0 Å². The first kappa shape index (κ1) is 16.6. The maximum absolute atomic E-state index is 12.1. The van der Waals surface area contributed by atoms with E-state index in [0.717, 1.165) is 16.9 Å². The first-order chi connectivity index (χ1) is 11.1. The van der Waals surface area contributed by atoms with Crippen LogP contribution in [0.15, 0.2) is 54.3 Å². The molecule has 120 valence electrons. The van der Waals surface area contributed by atoms with Gasteiger partial charge in [0.2, 0.25) is 5.76 Å². The Kier molecular flexibility index (Phi) is 5.80. The topological polar surface area (TPSA) is 44.8 Å². The molecular weight excluding hydrogens is 292 g/mol. The van der Waals surface area contributed by atoms with Crippen LogP contribution < -0.4 is 9.47 Å². The van der Waals surface area contributed by atoms with Crippen molar-refractivity contribution in [2.75, 3.05) is 13.7 Å². The van der Waals surface area contributed by atoms with Crippen molar-refractivity contribution in [3.63, 3.8) is 0 Å². The van der Waals surface area contributed by atoms with Crippen molar-refractivity contribution in [3.8, 4) is 11.5 Å². The van der Waals surface area contributed by atoms with Gasteiger partial charge in [-0.25, -0.2) is 4.79 Å². The van der Waals surface area contributed by atoms with E-state index in [1.807, 2.05) is 49.4 Å². The summed E-state index contributed by atoms with van der Waals surface area (Å²) in [5.74, 6) is 0.990. The molecule has 2 aromatic rings. The molecule has 0 aliphatic rings. The molecule has 0 bridgehead atoms. The largest absolute Gasteiger partial charge is 0.497 e. The first-order valence-electron chi connectivity index (χ1n) is 7.39. The molecule has 0 fully saturated rings. The molecule has 0 spiro atoms. The SMILES string of the molecule is CCOC(=O)/C(=C/c1ccc(OC)cc1)Oc1cccc(C)c1. The number of methoxy groups -OCH3 is 1. The Balaban J connectivity index is 2.28. The third kappa shape index (κ3) is 4.88. The Morgan fingerprint density at radius 3 is 2.43 bits per heavy atom. The van der Waals surface area contributed by atoms with E-state index in [9.17, 15) is 4.79 Å². The number of ether oxygens (including phenoxy) is 3. The van der Waals surface area contributed by atoms with Crippen LogP contribution in [-0.4, -0.2) is 19.7 Å². The molecule has 0 aromatic heterocycles. The molecule has 4 heteroatoms. The smallest absolute Gasteiger partial charge is 0.374 e. The Hall–Kier alpha value is -2.75. The lowest BCUT2D eigenvalue weighted by molar-refractivity contribution is -0.140. The minimum atomic E-state index is -0.496. The van der Waals surface area contributed by atoms with Crippen LogP contribution in [0, 0.1) is 6.92 Å². The summed E-state index contributed by atoms with van der Waals surface area (Å²) in [6, 6.07) is 14.8. The molecule has 23 heavy (non-hydrogen) atoms. The van der Waals surface area contributed by atoms with Gasteiger partial charge in [0.05, 0.1) is 13.7 Å². The van der Waals surface area contributed by atoms with Crippen LogP contribution in [0.1, 0.15) is 18.1 Å². The predicted molar refractivity (Wildman–Crippen MR) is 89.4 cm³/mol. The summed E-state index contributed by atoms with van der Waals surface area (Å²) in [6.07, 6.45) is 1.65. The standard InChI is InChI=1S/C19H20O4/c1-4-22-19(20)18(23-17-7-5-6-14(2)12-17)13-15-8-10-16(21-3)11-9-15/h5-13H,4H2,1-3H3/b18-13-. The molecule has 0 N–H and O–H groups in total. The normalized spacial score (nSPS) is 11.0. The molecule has 0 unspecified atom stereocenters. The van der Waals surface area contributed by atoms with Crippen molar-refractivity contribution in [1.82, 2.24) is 0 Å². The predicted octanol–water partition coefficient (Wildman–Crippen LogP) is 3.99. The molecule has 0 atom stereocenters. The number of benzene rings is 2. The zero-order chi connectivity index (χ0) is 16.7. The molecule has 2 aromatic carbocycles. The van der Waals surface area contributed by atoms with Gasteiger partial charge < -0.3 is 14.2 Å². The average Bonchev–Trinajstić information content (AvgIpc) is 2.55. The van der Waals surface area contributed by atoms with Gasteiger partial charge in [-0.15, -0.1) is 0 Å². The van der Waals surface area contributed by atoms with Crippen LogP contribution in [0.3, 0.4) is 0 Å². The average molecular weight is 312 g/mol. The Morgan fingerprint density at radius 1 is 1.09 bits per heavy atom. The fourth-order valence-electron chi connectivity index (χ4n) is 1.99. The van der Waals surface area contributed by atoms with Gasteiger partial charge >= 0.3 is 5.97 Å². The van der Waals surface area contributed by atoms with Crippen molar-refractivity contribution < 1.29 is 19.0 Å². The Bertz CT molecular complexity index is 687. The van der Waals surface area contributed by atoms with Gasteiger partial charge in [-0.1, -0.05) is 24.3 Å². The highest BCUT2D eigenvalue weighted by Crippen LogP contribution is 2.19. The summed E-state index contributed by atoms with van der Waals surface area (Å²) >= 11 is 0. The van der Waals surface area contributed by atoms with Crippen molar-refractivity contribution in [2.45, 2.75) is 13.8 Å². The van der Waals surface area contributed by atoms with Crippen LogP contribution in [0.5, 0.6) is 11.5 Å². The molecular formula is C19H20O4. The van der Waals surface area contributed by atoms with E-state index in [0.29, 0.717) is 5.75 Å². The van der Waals surface area contributed by atoms with Crippen LogP contribution >= 0.6 is 0 Å².